The fourth-order valence-electron chi connectivity index (χ4n) is 5.07. The predicted molar refractivity (Wildman–Crippen MR) is 164 cm³/mol. The molecule has 1 N–H and O–H groups in total. The Balaban J connectivity index is 1.64. The van der Waals surface area contributed by atoms with E-state index in [1.165, 1.54) is 59.8 Å². The standard InChI is InChI=1S/C31H32N4O7S/c1-33(2)43(38,39)35-19-22(23-11-7-9-13-26(23)35)16-24(31(37)34-15-14-20-10-6-8-12-25(20)34)32-30(36)21-17-27(40-3)29(42-5)28(18-21)41-4/h6-13,16-19H,14-15H2,1-5H3,(H,32,36)/b24-16-. The number of carbonyl (C=O) groups is 2. The normalized spacial score (nSPS) is 13.3. The molecular formula is C31H32N4O7S. The van der Waals surface area contributed by atoms with Crippen molar-refractivity contribution < 1.29 is 32.2 Å². The summed E-state index contributed by atoms with van der Waals surface area (Å²) in [4.78, 5) is 29.4. The Morgan fingerprint density at radius 3 is 2.23 bits per heavy atom. The van der Waals surface area contributed by atoms with E-state index >= 15 is 0 Å². The summed E-state index contributed by atoms with van der Waals surface area (Å²) in [6.45, 7) is 0.423. The number of aromatic nitrogens is 1. The maximum Gasteiger partial charge on any atom is 0.307 e. The number of methoxy groups -OCH3 is 3. The van der Waals surface area contributed by atoms with Crippen LogP contribution in [-0.2, 0) is 21.4 Å². The molecule has 0 unspecified atom stereocenters. The molecule has 0 aliphatic carbocycles. The van der Waals surface area contributed by atoms with Gasteiger partial charge in [0.25, 0.3) is 11.8 Å². The van der Waals surface area contributed by atoms with E-state index in [1.54, 1.807) is 29.2 Å². The van der Waals surface area contributed by atoms with Crippen LogP contribution in [0.4, 0.5) is 5.69 Å². The molecular weight excluding hydrogens is 572 g/mol. The summed E-state index contributed by atoms with van der Waals surface area (Å²) in [5.41, 5.74) is 2.74. The van der Waals surface area contributed by atoms with Crippen molar-refractivity contribution in [2.24, 2.45) is 0 Å². The molecule has 0 bridgehead atoms. The molecule has 0 saturated heterocycles. The van der Waals surface area contributed by atoms with E-state index in [4.69, 9.17) is 14.2 Å². The Hall–Kier alpha value is -4.81. The lowest BCUT2D eigenvalue weighted by atomic mass is 10.1. The van der Waals surface area contributed by atoms with E-state index < -0.39 is 22.0 Å². The highest BCUT2D eigenvalue weighted by Gasteiger charge is 2.29. The van der Waals surface area contributed by atoms with E-state index in [0.29, 0.717) is 35.2 Å². The van der Waals surface area contributed by atoms with Gasteiger partial charge in [-0.2, -0.15) is 12.7 Å². The fraction of sp³-hybridized carbons (Fsp3) is 0.226. The van der Waals surface area contributed by atoms with Gasteiger partial charge in [-0.1, -0.05) is 36.4 Å². The van der Waals surface area contributed by atoms with Crippen LogP contribution < -0.4 is 24.4 Å². The van der Waals surface area contributed by atoms with Crippen LogP contribution >= 0.6 is 0 Å². The minimum Gasteiger partial charge on any atom is -0.493 e. The molecule has 12 heteroatoms. The molecule has 4 aromatic rings. The molecule has 0 fully saturated rings. The smallest absolute Gasteiger partial charge is 0.307 e. The van der Waals surface area contributed by atoms with Crippen LogP contribution in [0.15, 0.2) is 72.6 Å². The monoisotopic (exact) mass is 604 g/mol. The number of fused-ring (bicyclic) bond motifs is 2. The lowest BCUT2D eigenvalue weighted by Gasteiger charge is -2.20. The number of nitrogens with one attached hydrogen (secondary N) is 1. The largest absolute Gasteiger partial charge is 0.493 e. The van der Waals surface area contributed by atoms with Crippen LogP contribution in [0.25, 0.3) is 17.0 Å². The van der Waals surface area contributed by atoms with Gasteiger partial charge >= 0.3 is 10.2 Å². The summed E-state index contributed by atoms with van der Waals surface area (Å²) in [5, 5.41) is 3.36. The Labute approximate surface area is 250 Å². The summed E-state index contributed by atoms with van der Waals surface area (Å²) in [7, 11) is 3.34. The SMILES string of the molecule is COc1cc(C(=O)N/C(=C\c2cn(S(=O)(=O)N(C)C)c3ccccc23)C(=O)N2CCc3ccccc32)cc(OC)c1OC. The zero-order valence-electron chi connectivity index (χ0n) is 24.5. The number of hydrogen-bond acceptors (Lipinski definition) is 7. The maximum absolute atomic E-state index is 14.1. The van der Waals surface area contributed by atoms with Crippen molar-refractivity contribution in [2.45, 2.75) is 6.42 Å². The van der Waals surface area contributed by atoms with Gasteiger partial charge in [-0.05, 0) is 42.3 Å². The topological polar surface area (TPSA) is 119 Å². The zero-order valence-corrected chi connectivity index (χ0v) is 25.3. The average molecular weight is 605 g/mol. The van der Waals surface area contributed by atoms with Gasteiger partial charge in [0.1, 0.15) is 5.70 Å². The van der Waals surface area contributed by atoms with Crippen LogP contribution in [0, 0.1) is 0 Å². The quantitative estimate of drug-likeness (QED) is 0.290. The van der Waals surface area contributed by atoms with Crippen molar-refractivity contribution in [3.63, 3.8) is 0 Å². The Bertz CT molecular complexity index is 1840. The molecule has 5 rings (SSSR count). The first-order valence-corrected chi connectivity index (χ1v) is 14.8. The number of amides is 2. The maximum atomic E-state index is 14.1. The van der Waals surface area contributed by atoms with Crippen molar-refractivity contribution in [1.82, 2.24) is 13.6 Å². The second kappa shape index (κ2) is 11.8. The van der Waals surface area contributed by atoms with Crippen molar-refractivity contribution in [3.8, 4) is 17.2 Å². The number of ether oxygens (including phenoxy) is 3. The Morgan fingerprint density at radius 1 is 0.930 bits per heavy atom. The molecule has 0 atom stereocenters. The third-order valence-corrected chi connectivity index (χ3v) is 8.98. The van der Waals surface area contributed by atoms with E-state index in [-0.39, 0.29) is 22.8 Å². The van der Waals surface area contributed by atoms with Crippen LogP contribution in [0.2, 0.25) is 0 Å². The van der Waals surface area contributed by atoms with Gasteiger partial charge in [0.2, 0.25) is 5.75 Å². The molecule has 1 aliphatic rings. The van der Waals surface area contributed by atoms with E-state index in [1.807, 2.05) is 24.3 Å². The molecule has 1 aromatic heterocycles. The molecule has 0 radical (unpaired) electrons. The van der Waals surface area contributed by atoms with Crippen molar-refractivity contribution >= 4 is 44.7 Å². The molecule has 2 heterocycles. The third-order valence-electron chi connectivity index (χ3n) is 7.26. The number of nitrogens with zero attached hydrogens (tertiary/aromatic N) is 3. The van der Waals surface area contributed by atoms with Crippen molar-refractivity contribution in [3.05, 3.63) is 89.2 Å². The molecule has 1 aliphatic heterocycles. The lowest BCUT2D eigenvalue weighted by Crippen LogP contribution is -2.37. The van der Waals surface area contributed by atoms with E-state index in [9.17, 15) is 18.0 Å². The van der Waals surface area contributed by atoms with Crippen LogP contribution in [0.3, 0.4) is 0 Å². The predicted octanol–water partition coefficient (Wildman–Crippen LogP) is 3.68. The van der Waals surface area contributed by atoms with Crippen LogP contribution in [0.1, 0.15) is 21.5 Å². The number of hydrogen-bond donors (Lipinski definition) is 1. The first-order valence-electron chi connectivity index (χ1n) is 13.4. The summed E-state index contributed by atoms with van der Waals surface area (Å²) in [5.74, 6) is -0.186. The first-order chi connectivity index (χ1) is 20.6. The highest BCUT2D eigenvalue weighted by atomic mass is 32.2. The van der Waals surface area contributed by atoms with Crippen LogP contribution in [0.5, 0.6) is 17.2 Å². The minimum atomic E-state index is -3.88. The van der Waals surface area contributed by atoms with Crippen molar-refractivity contribution in [2.75, 3.05) is 46.9 Å². The molecule has 43 heavy (non-hydrogen) atoms. The zero-order chi connectivity index (χ0) is 30.9. The van der Waals surface area contributed by atoms with Gasteiger partial charge in [-0.25, -0.2) is 3.97 Å². The second-order valence-corrected chi connectivity index (χ2v) is 12.0. The molecule has 2 amide bonds. The van der Waals surface area contributed by atoms with Gasteiger partial charge in [0.15, 0.2) is 11.5 Å². The van der Waals surface area contributed by atoms with Gasteiger partial charge in [-0.3, -0.25) is 9.59 Å². The number of para-hydroxylation sites is 2. The summed E-state index contributed by atoms with van der Waals surface area (Å²) in [6, 6.07) is 17.5. The molecule has 0 spiro atoms. The minimum absolute atomic E-state index is 0.0411. The Morgan fingerprint density at radius 2 is 1.58 bits per heavy atom. The van der Waals surface area contributed by atoms with E-state index in [2.05, 4.69) is 5.32 Å². The Kier molecular flexibility index (Phi) is 8.16. The van der Waals surface area contributed by atoms with Gasteiger partial charge < -0.3 is 24.4 Å². The molecule has 3 aromatic carbocycles. The van der Waals surface area contributed by atoms with Gasteiger partial charge in [0.05, 0.1) is 26.8 Å². The second-order valence-electron chi connectivity index (χ2n) is 9.95. The molecule has 0 saturated carbocycles. The fourth-order valence-corrected chi connectivity index (χ4v) is 6.07. The average Bonchev–Trinajstić information content (AvgIpc) is 3.61. The first kappa shape index (κ1) is 29.7. The van der Waals surface area contributed by atoms with Gasteiger partial charge in [-0.15, -0.1) is 0 Å². The van der Waals surface area contributed by atoms with Gasteiger partial charge in [0, 0.05) is 49.0 Å². The highest BCUT2D eigenvalue weighted by Crippen LogP contribution is 2.38. The molecule has 11 nitrogen and oxygen atoms in total. The summed E-state index contributed by atoms with van der Waals surface area (Å²) in [6.07, 6.45) is 3.61. The highest BCUT2D eigenvalue weighted by molar-refractivity contribution is 7.87. The van der Waals surface area contributed by atoms with E-state index in [0.717, 1.165) is 19.5 Å². The number of benzene rings is 3. The number of anilines is 1. The van der Waals surface area contributed by atoms with Crippen molar-refractivity contribution in [1.29, 1.82) is 0 Å². The summed E-state index contributed by atoms with van der Waals surface area (Å²) >= 11 is 0. The summed E-state index contributed by atoms with van der Waals surface area (Å²) < 4.78 is 44.7. The lowest BCUT2D eigenvalue weighted by molar-refractivity contribution is -0.115. The third kappa shape index (κ3) is 5.42. The number of carbonyl (C=O) groups excluding carboxylic acids is 2. The molecule has 224 valence electrons. The number of rotatable bonds is 9. The van der Waals surface area contributed by atoms with Crippen LogP contribution in [-0.4, -0.2) is 70.5 Å².